The normalized spacial score (nSPS) is 11.6. The van der Waals surface area contributed by atoms with E-state index in [2.05, 4.69) is 47.9 Å². The Kier molecular flexibility index (Phi) is 4.97. The molecule has 3 nitrogen and oxygen atoms in total. The van der Waals surface area contributed by atoms with Crippen molar-refractivity contribution in [1.29, 1.82) is 0 Å². The van der Waals surface area contributed by atoms with Crippen LogP contribution in [0.25, 0.3) is 11.0 Å². The maximum absolute atomic E-state index is 4.54. The molecule has 0 aliphatic heterocycles. The molecular formula is C16H25N3. The molecule has 0 bridgehead atoms. The topological polar surface area (TPSA) is 29.9 Å². The Bertz CT molecular complexity index is 514. The second kappa shape index (κ2) is 6.71. The first-order chi connectivity index (χ1) is 9.22. The molecule has 2 heterocycles. The summed E-state index contributed by atoms with van der Waals surface area (Å²) in [5, 5.41) is 4.69. The van der Waals surface area contributed by atoms with Crippen LogP contribution in [0.4, 0.5) is 0 Å². The van der Waals surface area contributed by atoms with E-state index >= 15 is 0 Å². The van der Waals surface area contributed by atoms with Gasteiger partial charge in [-0.1, -0.05) is 20.8 Å². The van der Waals surface area contributed by atoms with Gasteiger partial charge < -0.3 is 9.88 Å². The van der Waals surface area contributed by atoms with E-state index in [9.17, 15) is 0 Å². The summed E-state index contributed by atoms with van der Waals surface area (Å²) in [5.74, 6) is 0.774. The zero-order valence-corrected chi connectivity index (χ0v) is 12.3. The van der Waals surface area contributed by atoms with Crippen LogP contribution in [0.1, 0.15) is 39.2 Å². The average molecular weight is 259 g/mol. The van der Waals surface area contributed by atoms with Gasteiger partial charge in [-0.05, 0) is 43.0 Å². The van der Waals surface area contributed by atoms with E-state index in [1.165, 1.54) is 23.8 Å². The summed E-state index contributed by atoms with van der Waals surface area (Å²) in [5.41, 5.74) is 2.48. The van der Waals surface area contributed by atoms with Crippen LogP contribution in [0.3, 0.4) is 0 Å². The van der Waals surface area contributed by atoms with Gasteiger partial charge in [-0.2, -0.15) is 0 Å². The Morgan fingerprint density at radius 1 is 1.37 bits per heavy atom. The molecule has 0 radical (unpaired) electrons. The minimum absolute atomic E-state index is 0.774. The molecule has 0 aromatic carbocycles. The van der Waals surface area contributed by atoms with Crippen LogP contribution in [0, 0.1) is 5.92 Å². The molecule has 2 aromatic heterocycles. The molecule has 2 aromatic rings. The number of hydrogen-bond donors (Lipinski definition) is 1. The predicted octanol–water partition coefficient (Wildman–Crippen LogP) is 3.58. The lowest BCUT2D eigenvalue weighted by molar-refractivity contribution is 0.516. The molecule has 0 atom stereocenters. The van der Waals surface area contributed by atoms with E-state index in [-0.39, 0.29) is 0 Å². The lowest BCUT2D eigenvalue weighted by Crippen LogP contribution is -2.11. The number of nitrogens with zero attached hydrogens (tertiary/aromatic N) is 2. The van der Waals surface area contributed by atoms with E-state index in [4.69, 9.17) is 0 Å². The maximum atomic E-state index is 4.54. The molecule has 19 heavy (non-hydrogen) atoms. The molecule has 3 heteroatoms. The number of rotatable bonds is 7. The van der Waals surface area contributed by atoms with Crippen LogP contribution in [-0.4, -0.2) is 16.1 Å². The smallest absolute Gasteiger partial charge is 0.140 e. The van der Waals surface area contributed by atoms with Gasteiger partial charge in [-0.15, -0.1) is 0 Å². The quantitative estimate of drug-likeness (QED) is 0.823. The van der Waals surface area contributed by atoms with Gasteiger partial charge in [0.2, 0.25) is 0 Å². The Morgan fingerprint density at radius 3 is 2.95 bits per heavy atom. The predicted molar refractivity (Wildman–Crippen MR) is 81.2 cm³/mol. The van der Waals surface area contributed by atoms with Crippen molar-refractivity contribution in [3.05, 3.63) is 30.1 Å². The van der Waals surface area contributed by atoms with Crippen LogP contribution in [0.2, 0.25) is 0 Å². The van der Waals surface area contributed by atoms with Crippen molar-refractivity contribution in [3.8, 4) is 0 Å². The standard InChI is InChI=1S/C16H25N3/c1-4-17-11-14-12-19(10-6-7-13(2)3)16-15(14)8-5-9-18-16/h5,8-9,12-13,17H,4,6-7,10-11H2,1-3H3. The van der Waals surface area contributed by atoms with Gasteiger partial charge >= 0.3 is 0 Å². The third-order valence-corrected chi connectivity index (χ3v) is 3.46. The molecular weight excluding hydrogens is 234 g/mol. The van der Waals surface area contributed by atoms with Gasteiger partial charge in [0.1, 0.15) is 5.65 Å². The molecule has 0 amide bonds. The highest BCUT2D eigenvalue weighted by Gasteiger charge is 2.08. The lowest BCUT2D eigenvalue weighted by Gasteiger charge is -2.06. The van der Waals surface area contributed by atoms with E-state index in [0.717, 1.165) is 31.2 Å². The van der Waals surface area contributed by atoms with Gasteiger partial charge in [0.25, 0.3) is 0 Å². The minimum atomic E-state index is 0.774. The summed E-state index contributed by atoms with van der Waals surface area (Å²) in [4.78, 5) is 4.54. The van der Waals surface area contributed by atoms with E-state index in [0.29, 0.717) is 0 Å². The molecule has 0 aliphatic rings. The van der Waals surface area contributed by atoms with Gasteiger partial charge in [0, 0.05) is 30.9 Å². The minimum Gasteiger partial charge on any atom is -0.332 e. The van der Waals surface area contributed by atoms with E-state index in [1.807, 2.05) is 12.3 Å². The summed E-state index contributed by atoms with van der Waals surface area (Å²) >= 11 is 0. The second-order valence-electron chi connectivity index (χ2n) is 5.54. The number of pyridine rings is 1. The van der Waals surface area contributed by atoms with Crippen LogP contribution < -0.4 is 5.32 Å². The first-order valence-corrected chi connectivity index (χ1v) is 7.35. The van der Waals surface area contributed by atoms with E-state index < -0.39 is 0 Å². The number of nitrogens with one attached hydrogen (secondary N) is 1. The van der Waals surface area contributed by atoms with Gasteiger partial charge in [-0.25, -0.2) is 4.98 Å². The lowest BCUT2D eigenvalue weighted by atomic mass is 10.1. The molecule has 0 unspecified atom stereocenters. The van der Waals surface area contributed by atoms with Crippen LogP contribution in [0.15, 0.2) is 24.5 Å². The van der Waals surface area contributed by atoms with Gasteiger partial charge in [-0.3, -0.25) is 0 Å². The van der Waals surface area contributed by atoms with Crippen molar-refractivity contribution >= 4 is 11.0 Å². The van der Waals surface area contributed by atoms with Crippen molar-refractivity contribution in [2.24, 2.45) is 5.92 Å². The molecule has 104 valence electrons. The Labute approximate surface area is 116 Å². The van der Waals surface area contributed by atoms with Crippen LogP contribution in [-0.2, 0) is 13.1 Å². The Morgan fingerprint density at radius 2 is 2.21 bits per heavy atom. The fourth-order valence-electron chi connectivity index (χ4n) is 2.44. The molecule has 0 saturated heterocycles. The summed E-state index contributed by atoms with van der Waals surface area (Å²) in [6.07, 6.45) is 6.65. The summed E-state index contributed by atoms with van der Waals surface area (Å²) in [6.45, 7) is 9.69. The number of hydrogen-bond acceptors (Lipinski definition) is 2. The first kappa shape index (κ1) is 14.1. The molecule has 0 spiro atoms. The summed E-state index contributed by atoms with van der Waals surface area (Å²) in [7, 11) is 0. The highest BCUT2D eigenvalue weighted by molar-refractivity contribution is 5.80. The number of aromatic nitrogens is 2. The largest absolute Gasteiger partial charge is 0.332 e. The maximum Gasteiger partial charge on any atom is 0.140 e. The average Bonchev–Trinajstić information content (AvgIpc) is 2.75. The molecule has 2 rings (SSSR count). The highest BCUT2D eigenvalue weighted by atomic mass is 15.0. The van der Waals surface area contributed by atoms with Crippen molar-refractivity contribution in [2.75, 3.05) is 6.54 Å². The molecule has 0 aliphatic carbocycles. The van der Waals surface area contributed by atoms with Crippen LogP contribution >= 0.6 is 0 Å². The zero-order chi connectivity index (χ0) is 13.7. The van der Waals surface area contributed by atoms with Crippen molar-refractivity contribution in [3.63, 3.8) is 0 Å². The monoisotopic (exact) mass is 259 g/mol. The second-order valence-corrected chi connectivity index (χ2v) is 5.54. The third-order valence-electron chi connectivity index (χ3n) is 3.46. The zero-order valence-electron chi connectivity index (χ0n) is 12.3. The number of fused-ring (bicyclic) bond motifs is 1. The van der Waals surface area contributed by atoms with Crippen molar-refractivity contribution in [1.82, 2.24) is 14.9 Å². The Hall–Kier alpha value is -1.35. The van der Waals surface area contributed by atoms with E-state index in [1.54, 1.807) is 0 Å². The summed E-state index contributed by atoms with van der Waals surface area (Å²) in [6, 6.07) is 4.20. The highest BCUT2D eigenvalue weighted by Crippen LogP contribution is 2.20. The van der Waals surface area contributed by atoms with Crippen molar-refractivity contribution < 1.29 is 0 Å². The van der Waals surface area contributed by atoms with Gasteiger partial charge in [0.15, 0.2) is 0 Å². The third kappa shape index (κ3) is 3.57. The van der Waals surface area contributed by atoms with Crippen molar-refractivity contribution in [2.45, 2.75) is 46.7 Å². The molecule has 0 saturated carbocycles. The number of aryl methyl sites for hydroxylation is 1. The Balaban J connectivity index is 2.18. The van der Waals surface area contributed by atoms with Crippen LogP contribution in [0.5, 0.6) is 0 Å². The molecule has 0 fully saturated rings. The first-order valence-electron chi connectivity index (χ1n) is 7.35. The SMILES string of the molecule is CCNCc1cn(CCCC(C)C)c2ncccc12. The molecule has 1 N–H and O–H groups in total. The fourth-order valence-corrected chi connectivity index (χ4v) is 2.44. The summed E-state index contributed by atoms with van der Waals surface area (Å²) < 4.78 is 2.31. The fraction of sp³-hybridized carbons (Fsp3) is 0.562. The van der Waals surface area contributed by atoms with Gasteiger partial charge in [0.05, 0.1) is 0 Å².